The third-order valence-electron chi connectivity index (χ3n) is 5.72. The van der Waals surface area contributed by atoms with Crippen LogP contribution in [0.3, 0.4) is 0 Å². The minimum atomic E-state index is -2.84. The van der Waals surface area contributed by atoms with Crippen LogP contribution in [0.2, 0.25) is 0 Å². The van der Waals surface area contributed by atoms with Crippen molar-refractivity contribution in [2.45, 2.75) is 38.3 Å². The van der Waals surface area contributed by atoms with Gasteiger partial charge in [0.2, 0.25) is 5.91 Å². The van der Waals surface area contributed by atoms with Crippen molar-refractivity contribution in [3.63, 3.8) is 0 Å². The molecule has 0 bridgehead atoms. The van der Waals surface area contributed by atoms with E-state index in [1.807, 2.05) is 11.1 Å². The van der Waals surface area contributed by atoms with E-state index in [0.29, 0.717) is 18.1 Å². The zero-order chi connectivity index (χ0) is 16.7. The highest BCUT2D eigenvalue weighted by atomic mass is 32.2. The van der Waals surface area contributed by atoms with Gasteiger partial charge in [0.05, 0.1) is 17.7 Å². The molecule has 1 atom stereocenters. The first-order chi connectivity index (χ1) is 11.5. The second kappa shape index (κ2) is 6.15. The van der Waals surface area contributed by atoms with Crippen molar-refractivity contribution < 1.29 is 13.2 Å². The topological polar surface area (TPSA) is 86.4 Å². The van der Waals surface area contributed by atoms with Gasteiger partial charge in [-0.15, -0.1) is 0 Å². The van der Waals surface area contributed by atoms with Crippen LogP contribution in [-0.4, -0.2) is 71.5 Å². The standard InChI is InChI=1S/C16H24N4O3S/c21-16(20-7-3-15-13(10-20)9-17-18-15)12-1-5-19(6-2-12)14-4-8-24(22,23)11-14/h9,12,14H,1-8,10-11H2,(H,17,18). The van der Waals surface area contributed by atoms with Crippen LogP contribution < -0.4 is 0 Å². The molecule has 0 aromatic carbocycles. The Morgan fingerprint density at radius 2 is 2.00 bits per heavy atom. The molecule has 4 rings (SSSR count). The fourth-order valence-corrected chi connectivity index (χ4v) is 6.00. The monoisotopic (exact) mass is 352 g/mol. The van der Waals surface area contributed by atoms with E-state index >= 15 is 0 Å². The van der Waals surface area contributed by atoms with Crippen LogP contribution in [0.15, 0.2) is 6.20 Å². The maximum Gasteiger partial charge on any atom is 0.226 e. The summed E-state index contributed by atoms with van der Waals surface area (Å²) in [5.41, 5.74) is 2.28. The Balaban J connectivity index is 1.32. The summed E-state index contributed by atoms with van der Waals surface area (Å²) in [6, 6.07) is 0.162. The number of H-pyrrole nitrogens is 1. The number of nitrogens with zero attached hydrogens (tertiary/aromatic N) is 3. The first kappa shape index (κ1) is 16.1. The van der Waals surface area contributed by atoms with E-state index in [1.54, 1.807) is 0 Å². The molecule has 1 aromatic rings. The van der Waals surface area contributed by atoms with E-state index in [0.717, 1.165) is 56.6 Å². The second-order valence-corrected chi connectivity index (χ2v) is 9.48. The van der Waals surface area contributed by atoms with Crippen molar-refractivity contribution in [3.05, 3.63) is 17.5 Å². The maximum absolute atomic E-state index is 12.8. The van der Waals surface area contributed by atoms with Crippen LogP contribution in [0.5, 0.6) is 0 Å². The smallest absolute Gasteiger partial charge is 0.226 e. The third kappa shape index (κ3) is 3.09. The number of carbonyl (C=O) groups excluding carboxylic acids is 1. The largest absolute Gasteiger partial charge is 0.338 e. The van der Waals surface area contributed by atoms with Crippen molar-refractivity contribution in [1.29, 1.82) is 0 Å². The van der Waals surface area contributed by atoms with Crippen molar-refractivity contribution in [2.24, 2.45) is 5.92 Å². The van der Waals surface area contributed by atoms with E-state index in [1.165, 1.54) is 0 Å². The molecule has 132 valence electrons. The van der Waals surface area contributed by atoms with Crippen LogP contribution in [0.25, 0.3) is 0 Å². The number of hydrogen-bond donors (Lipinski definition) is 1. The number of carbonyl (C=O) groups is 1. The molecule has 4 heterocycles. The molecule has 0 radical (unpaired) electrons. The molecule has 1 amide bonds. The molecule has 0 spiro atoms. The molecule has 2 saturated heterocycles. The summed E-state index contributed by atoms with van der Waals surface area (Å²) in [7, 11) is -2.84. The van der Waals surface area contributed by atoms with E-state index < -0.39 is 9.84 Å². The zero-order valence-electron chi connectivity index (χ0n) is 13.8. The number of aromatic nitrogens is 2. The molecule has 1 N–H and O–H groups in total. The number of likely N-dealkylation sites (tertiary alicyclic amines) is 1. The van der Waals surface area contributed by atoms with Gasteiger partial charge in [-0.1, -0.05) is 0 Å². The Bertz CT molecular complexity index is 721. The second-order valence-electron chi connectivity index (χ2n) is 7.25. The van der Waals surface area contributed by atoms with Gasteiger partial charge in [0.15, 0.2) is 9.84 Å². The lowest BCUT2D eigenvalue weighted by Crippen LogP contribution is -2.47. The van der Waals surface area contributed by atoms with Gasteiger partial charge >= 0.3 is 0 Å². The van der Waals surface area contributed by atoms with E-state index in [9.17, 15) is 13.2 Å². The zero-order valence-corrected chi connectivity index (χ0v) is 14.6. The van der Waals surface area contributed by atoms with Gasteiger partial charge in [-0.2, -0.15) is 5.10 Å². The lowest BCUT2D eigenvalue weighted by atomic mass is 9.93. The number of rotatable bonds is 2. The van der Waals surface area contributed by atoms with Crippen molar-refractivity contribution in [2.75, 3.05) is 31.1 Å². The number of amides is 1. The summed E-state index contributed by atoms with van der Waals surface area (Å²) >= 11 is 0. The van der Waals surface area contributed by atoms with Crippen LogP contribution in [0, 0.1) is 5.92 Å². The molecule has 3 aliphatic heterocycles. The van der Waals surface area contributed by atoms with E-state index in [4.69, 9.17) is 0 Å². The summed E-state index contributed by atoms with van der Waals surface area (Å²) in [4.78, 5) is 17.0. The van der Waals surface area contributed by atoms with Crippen LogP contribution in [-0.2, 0) is 27.6 Å². The molecule has 8 heteroatoms. The van der Waals surface area contributed by atoms with Crippen molar-refractivity contribution >= 4 is 15.7 Å². The number of fused-ring (bicyclic) bond motifs is 1. The molecule has 3 aliphatic rings. The average Bonchev–Trinajstić information content (AvgIpc) is 3.19. The Kier molecular flexibility index (Phi) is 4.12. The quantitative estimate of drug-likeness (QED) is 0.821. The highest BCUT2D eigenvalue weighted by molar-refractivity contribution is 7.91. The normalized spacial score (nSPS) is 28.0. The first-order valence-electron chi connectivity index (χ1n) is 8.76. The molecule has 24 heavy (non-hydrogen) atoms. The lowest BCUT2D eigenvalue weighted by molar-refractivity contribution is -0.138. The fourth-order valence-electron chi connectivity index (χ4n) is 4.24. The van der Waals surface area contributed by atoms with Gasteiger partial charge in [-0.05, 0) is 32.4 Å². The molecular weight excluding hydrogens is 328 g/mol. The maximum atomic E-state index is 12.8. The Labute approximate surface area is 142 Å². The predicted molar refractivity (Wildman–Crippen MR) is 89.1 cm³/mol. The van der Waals surface area contributed by atoms with Gasteiger partial charge < -0.3 is 4.90 Å². The average molecular weight is 352 g/mol. The fraction of sp³-hybridized carbons (Fsp3) is 0.750. The number of aromatic amines is 1. The van der Waals surface area contributed by atoms with Crippen molar-refractivity contribution in [1.82, 2.24) is 20.0 Å². The van der Waals surface area contributed by atoms with Crippen LogP contribution >= 0.6 is 0 Å². The minimum absolute atomic E-state index is 0.0766. The van der Waals surface area contributed by atoms with E-state index in [2.05, 4.69) is 15.1 Å². The molecule has 2 fully saturated rings. The Morgan fingerprint density at radius 3 is 2.71 bits per heavy atom. The minimum Gasteiger partial charge on any atom is -0.338 e. The Hall–Kier alpha value is -1.41. The number of hydrogen-bond acceptors (Lipinski definition) is 5. The SMILES string of the molecule is O=C(C1CCN(C2CCS(=O)(=O)C2)CC1)N1CCc2[nH]ncc2C1. The molecular formula is C16H24N4O3S. The van der Waals surface area contributed by atoms with Gasteiger partial charge in [0.1, 0.15) is 0 Å². The van der Waals surface area contributed by atoms with Crippen molar-refractivity contribution in [3.8, 4) is 0 Å². The number of piperidine rings is 1. The molecule has 1 aromatic heterocycles. The van der Waals surface area contributed by atoms with Crippen LogP contribution in [0.4, 0.5) is 0 Å². The molecule has 1 unspecified atom stereocenters. The van der Waals surface area contributed by atoms with Gasteiger partial charge in [-0.25, -0.2) is 8.42 Å². The predicted octanol–water partition coefficient (Wildman–Crippen LogP) is 0.194. The lowest BCUT2D eigenvalue weighted by Gasteiger charge is -2.37. The number of nitrogens with one attached hydrogen (secondary N) is 1. The molecule has 7 nitrogen and oxygen atoms in total. The van der Waals surface area contributed by atoms with Gasteiger partial charge in [0, 0.05) is 42.7 Å². The summed E-state index contributed by atoms with van der Waals surface area (Å²) in [5, 5.41) is 7.05. The van der Waals surface area contributed by atoms with Crippen LogP contribution in [0.1, 0.15) is 30.5 Å². The highest BCUT2D eigenvalue weighted by Crippen LogP contribution is 2.27. The Morgan fingerprint density at radius 1 is 1.21 bits per heavy atom. The third-order valence-corrected chi connectivity index (χ3v) is 7.47. The first-order valence-corrected chi connectivity index (χ1v) is 10.6. The molecule has 0 aliphatic carbocycles. The molecule has 0 saturated carbocycles. The summed E-state index contributed by atoms with van der Waals surface area (Å²) in [6.45, 7) is 3.09. The van der Waals surface area contributed by atoms with Gasteiger partial charge in [-0.3, -0.25) is 14.8 Å². The van der Waals surface area contributed by atoms with Gasteiger partial charge in [0.25, 0.3) is 0 Å². The summed E-state index contributed by atoms with van der Waals surface area (Å²) in [5.74, 6) is 0.937. The highest BCUT2D eigenvalue weighted by Gasteiger charge is 2.36. The summed E-state index contributed by atoms with van der Waals surface area (Å²) < 4.78 is 23.3. The summed E-state index contributed by atoms with van der Waals surface area (Å²) in [6.07, 6.45) is 5.09. The number of sulfone groups is 1. The van der Waals surface area contributed by atoms with E-state index in [-0.39, 0.29) is 17.9 Å².